The fourth-order valence-electron chi connectivity index (χ4n) is 0.969. The van der Waals surface area contributed by atoms with E-state index in [-0.39, 0.29) is 11.5 Å². The van der Waals surface area contributed by atoms with Gasteiger partial charge < -0.3 is 9.47 Å². The highest BCUT2D eigenvalue weighted by molar-refractivity contribution is 9.10. The minimum atomic E-state index is -0.473. The molecule has 4 heteroatoms. The summed E-state index contributed by atoms with van der Waals surface area (Å²) in [6.07, 6.45) is 0. The molecule has 2 nitrogen and oxygen atoms in total. The molecule has 0 radical (unpaired) electrons. The van der Waals surface area contributed by atoms with Crippen molar-refractivity contribution in [2.45, 2.75) is 6.92 Å². The summed E-state index contributed by atoms with van der Waals surface area (Å²) in [5, 5.41) is 0. The maximum Gasteiger partial charge on any atom is 0.207 e. The minimum absolute atomic E-state index is 0.172. The molecule has 0 N–H and O–H groups in total. The van der Waals surface area contributed by atoms with Gasteiger partial charge in [0, 0.05) is 0 Å². The summed E-state index contributed by atoms with van der Waals surface area (Å²) in [6.45, 7) is 2.23. The van der Waals surface area contributed by atoms with Crippen LogP contribution in [-0.4, -0.2) is 13.7 Å². The van der Waals surface area contributed by atoms with E-state index in [1.54, 1.807) is 19.1 Å². The fraction of sp³-hybridized carbons (Fsp3) is 0.333. The van der Waals surface area contributed by atoms with E-state index >= 15 is 0 Å². The second-order valence-electron chi connectivity index (χ2n) is 2.33. The summed E-state index contributed by atoms with van der Waals surface area (Å²) in [5.41, 5.74) is 0. The molecule has 0 unspecified atom stereocenters. The number of methoxy groups -OCH3 is 1. The number of hydrogen-bond acceptors (Lipinski definition) is 2. The van der Waals surface area contributed by atoms with Crippen LogP contribution in [0.15, 0.2) is 16.6 Å². The van der Waals surface area contributed by atoms with Gasteiger partial charge in [0.05, 0.1) is 18.2 Å². The number of ether oxygens (including phenoxy) is 2. The SMILES string of the molecule is CCOc1ccc(Br)c(OC)c1F. The monoisotopic (exact) mass is 248 g/mol. The van der Waals surface area contributed by atoms with Crippen molar-refractivity contribution >= 4 is 15.9 Å². The zero-order valence-corrected chi connectivity index (χ0v) is 9.02. The second-order valence-corrected chi connectivity index (χ2v) is 3.18. The first kappa shape index (κ1) is 10.3. The lowest BCUT2D eigenvalue weighted by atomic mass is 10.3. The van der Waals surface area contributed by atoms with Crippen LogP contribution in [0.3, 0.4) is 0 Å². The van der Waals surface area contributed by atoms with Crippen molar-refractivity contribution in [3.63, 3.8) is 0 Å². The number of hydrogen-bond donors (Lipinski definition) is 0. The molecule has 0 saturated heterocycles. The zero-order chi connectivity index (χ0) is 9.84. The van der Waals surface area contributed by atoms with Crippen LogP contribution in [0.2, 0.25) is 0 Å². The van der Waals surface area contributed by atoms with E-state index < -0.39 is 5.82 Å². The van der Waals surface area contributed by atoms with Crippen LogP contribution in [0.25, 0.3) is 0 Å². The Bertz CT molecular complexity index is 302. The molecular weight excluding hydrogens is 239 g/mol. The van der Waals surface area contributed by atoms with E-state index in [2.05, 4.69) is 15.9 Å². The summed E-state index contributed by atoms with van der Waals surface area (Å²) in [7, 11) is 1.42. The van der Waals surface area contributed by atoms with Crippen molar-refractivity contribution in [3.05, 3.63) is 22.4 Å². The first-order valence-electron chi connectivity index (χ1n) is 3.85. The number of benzene rings is 1. The molecule has 0 heterocycles. The topological polar surface area (TPSA) is 18.5 Å². The van der Waals surface area contributed by atoms with E-state index in [1.807, 2.05) is 0 Å². The standard InChI is InChI=1S/C9H10BrFO2/c1-3-13-7-5-4-6(10)9(12-2)8(7)11/h4-5H,3H2,1-2H3. The highest BCUT2D eigenvalue weighted by Crippen LogP contribution is 2.33. The van der Waals surface area contributed by atoms with Gasteiger partial charge >= 0.3 is 0 Å². The van der Waals surface area contributed by atoms with E-state index in [4.69, 9.17) is 9.47 Å². The Hall–Kier alpha value is -0.770. The first-order valence-corrected chi connectivity index (χ1v) is 4.64. The van der Waals surface area contributed by atoms with Gasteiger partial charge in [0.1, 0.15) is 0 Å². The highest BCUT2D eigenvalue weighted by Gasteiger charge is 2.12. The fourth-order valence-corrected chi connectivity index (χ4v) is 1.44. The third-order valence-corrected chi connectivity index (χ3v) is 2.14. The average Bonchev–Trinajstić information content (AvgIpc) is 2.11. The van der Waals surface area contributed by atoms with Crippen LogP contribution in [0.5, 0.6) is 11.5 Å². The summed E-state index contributed by atoms with van der Waals surface area (Å²) in [5.74, 6) is -0.0905. The number of halogens is 2. The third kappa shape index (κ3) is 2.12. The quantitative estimate of drug-likeness (QED) is 0.819. The minimum Gasteiger partial charge on any atom is -0.492 e. The molecule has 0 fully saturated rings. The Balaban J connectivity index is 3.11. The molecule has 0 amide bonds. The molecule has 0 aliphatic carbocycles. The molecule has 0 bridgehead atoms. The van der Waals surface area contributed by atoms with Gasteiger partial charge in [0.2, 0.25) is 5.82 Å². The lowest BCUT2D eigenvalue weighted by Crippen LogP contribution is -1.97. The Morgan fingerprint density at radius 1 is 1.46 bits per heavy atom. The maximum absolute atomic E-state index is 13.4. The van der Waals surface area contributed by atoms with Gasteiger partial charge in [-0.2, -0.15) is 4.39 Å². The molecule has 1 aromatic rings. The van der Waals surface area contributed by atoms with Crippen LogP contribution >= 0.6 is 15.9 Å². The van der Waals surface area contributed by atoms with Gasteiger partial charge in [-0.3, -0.25) is 0 Å². The van der Waals surface area contributed by atoms with E-state index in [9.17, 15) is 4.39 Å². The van der Waals surface area contributed by atoms with Crippen LogP contribution in [0, 0.1) is 5.82 Å². The molecule has 1 rings (SSSR count). The smallest absolute Gasteiger partial charge is 0.207 e. The van der Waals surface area contributed by atoms with Crippen molar-refractivity contribution < 1.29 is 13.9 Å². The molecule has 0 spiro atoms. The summed E-state index contributed by atoms with van der Waals surface area (Å²) in [4.78, 5) is 0. The summed E-state index contributed by atoms with van der Waals surface area (Å²) < 4.78 is 23.9. The lowest BCUT2D eigenvalue weighted by molar-refractivity contribution is 0.308. The second kappa shape index (κ2) is 4.46. The Morgan fingerprint density at radius 3 is 2.69 bits per heavy atom. The first-order chi connectivity index (χ1) is 6.20. The molecule has 0 saturated carbocycles. The lowest BCUT2D eigenvalue weighted by Gasteiger charge is -2.09. The van der Waals surface area contributed by atoms with Crippen LogP contribution in [0.4, 0.5) is 4.39 Å². The molecule has 0 aliphatic heterocycles. The van der Waals surface area contributed by atoms with Gasteiger partial charge in [-0.15, -0.1) is 0 Å². The van der Waals surface area contributed by atoms with Gasteiger partial charge in [-0.25, -0.2) is 0 Å². The van der Waals surface area contributed by atoms with Crippen molar-refractivity contribution in [1.82, 2.24) is 0 Å². The molecule has 0 aromatic heterocycles. The van der Waals surface area contributed by atoms with Crippen molar-refractivity contribution in [1.29, 1.82) is 0 Å². The van der Waals surface area contributed by atoms with E-state index in [0.29, 0.717) is 11.1 Å². The molecular formula is C9H10BrFO2. The Kier molecular flexibility index (Phi) is 3.54. The van der Waals surface area contributed by atoms with Crippen molar-refractivity contribution in [3.8, 4) is 11.5 Å². The average molecular weight is 249 g/mol. The molecule has 72 valence electrons. The summed E-state index contributed by atoms with van der Waals surface area (Å²) in [6, 6.07) is 3.25. The normalized spacial score (nSPS) is 9.85. The van der Waals surface area contributed by atoms with Crippen LogP contribution in [0.1, 0.15) is 6.92 Å². The Morgan fingerprint density at radius 2 is 2.15 bits per heavy atom. The largest absolute Gasteiger partial charge is 0.492 e. The predicted octanol–water partition coefficient (Wildman–Crippen LogP) is 3.00. The Labute approximate surface area is 84.8 Å². The number of rotatable bonds is 3. The molecule has 13 heavy (non-hydrogen) atoms. The van der Waals surface area contributed by atoms with Gasteiger partial charge in [0.25, 0.3) is 0 Å². The van der Waals surface area contributed by atoms with Crippen LogP contribution in [-0.2, 0) is 0 Å². The van der Waals surface area contributed by atoms with Crippen molar-refractivity contribution in [2.75, 3.05) is 13.7 Å². The predicted molar refractivity (Wildman–Crippen MR) is 51.8 cm³/mol. The van der Waals surface area contributed by atoms with E-state index in [1.165, 1.54) is 7.11 Å². The molecule has 0 aliphatic rings. The highest BCUT2D eigenvalue weighted by atomic mass is 79.9. The zero-order valence-electron chi connectivity index (χ0n) is 7.43. The van der Waals surface area contributed by atoms with Gasteiger partial charge in [0.15, 0.2) is 11.5 Å². The van der Waals surface area contributed by atoms with E-state index in [0.717, 1.165) is 0 Å². The summed E-state index contributed by atoms with van der Waals surface area (Å²) >= 11 is 3.17. The van der Waals surface area contributed by atoms with Crippen molar-refractivity contribution in [2.24, 2.45) is 0 Å². The molecule has 0 atom stereocenters. The molecule has 1 aromatic carbocycles. The van der Waals surface area contributed by atoms with Crippen LogP contribution < -0.4 is 9.47 Å². The van der Waals surface area contributed by atoms with Gasteiger partial charge in [-0.1, -0.05) is 0 Å². The third-order valence-electron chi connectivity index (χ3n) is 1.52. The maximum atomic E-state index is 13.4. The van der Waals surface area contributed by atoms with Gasteiger partial charge in [-0.05, 0) is 35.0 Å².